The third-order valence-corrected chi connectivity index (χ3v) is 3.71. The summed E-state index contributed by atoms with van der Waals surface area (Å²) in [6.07, 6.45) is 0. The third kappa shape index (κ3) is 2.67. The SMILES string of the molecule is COc1ccc(CNc2ccc3c(c2)OCO3)cc1Br. The van der Waals surface area contributed by atoms with Crippen LogP contribution in [-0.2, 0) is 6.54 Å². The normalized spacial score (nSPS) is 12.3. The molecule has 0 radical (unpaired) electrons. The number of nitrogens with one attached hydrogen (secondary N) is 1. The molecule has 0 saturated heterocycles. The smallest absolute Gasteiger partial charge is 0.231 e. The largest absolute Gasteiger partial charge is 0.496 e. The summed E-state index contributed by atoms with van der Waals surface area (Å²) in [4.78, 5) is 0. The van der Waals surface area contributed by atoms with Gasteiger partial charge in [-0.3, -0.25) is 0 Å². The number of anilines is 1. The Morgan fingerprint density at radius 1 is 1.15 bits per heavy atom. The molecule has 0 saturated carbocycles. The third-order valence-electron chi connectivity index (χ3n) is 3.09. The Bertz CT molecular complexity index is 631. The lowest BCUT2D eigenvalue weighted by atomic mass is 10.2. The number of ether oxygens (including phenoxy) is 3. The van der Waals surface area contributed by atoms with E-state index in [9.17, 15) is 0 Å². The number of hydrogen-bond acceptors (Lipinski definition) is 4. The van der Waals surface area contributed by atoms with Gasteiger partial charge in [-0.05, 0) is 45.8 Å². The Labute approximate surface area is 125 Å². The van der Waals surface area contributed by atoms with Crippen LogP contribution >= 0.6 is 15.9 Å². The molecule has 0 unspecified atom stereocenters. The van der Waals surface area contributed by atoms with E-state index in [2.05, 4.69) is 21.2 Å². The van der Waals surface area contributed by atoms with Gasteiger partial charge < -0.3 is 19.5 Å². The lowest BCUT2D eigenvalue weighted by Crippen LogP contribution is -1.99. The van der Waals surface area contributed by atoms with Crippen LogP contribution in [0.3, 0.4) is 0 Å². The second-order valence-electron chi connectivity index (χ2n) is 4.39. The number of rotatable bonds is 4. The molecule has 0 bridgehead atoms. The van der Waals surface area contributed by atoms with Gasteiger partial charge in [-0.2, -0.15) is 0 Å². The van der Waals surface area contributed by atoms with Gasteiger partial charge in [0.1, 0.15) is 5.75 Å². The fraction of sp³-hybridized carbons (Fsp3) is 0.200. The summed E-state index contributed by atoms with van der Waals surface area (Å²) in [5.74, 6) is 2.41. The molecule has 1 aliphatic heterocycles. The van der Waals surface area contributed by atoms with E-state index in [1.165, 1.54) is 0 Å². The molecular formula is C15H14BrNO3. The Morgan fingerprint density at radius 2 is 2.00 bits per heavy atom. The molecule has 20 heavy (non-hydrogen) atoms. The average molecular weight is 336 g/mol. The van der Waals surface area contributed by atoms with Crippen LogP contribution in [-0.4, -0.2) is 13.9 Å². The first-order valence-electron chi connectivity index (χ1n) is 6.22. The van der Waals surface area contributed by atoms with Crippen molar-refractivity contribution >= 4 is 21.6 Å². The van der Waals surface area contributed by atoms with Gasteiger partial charge in [0.2, 0.25) is 6.79 Å². The van der Waals surface area contributed by atoms with Crippen LogP contribution < -0.4 is 19.5 Å². The van der Waals surface area contributed by atoms with Gasteiger partial charge in [-0.25, -0.2) is 0 Å². The summed E-state index contributed by atoms with van der Waals surface area (Å²) in [6.45, 7) is 1.02. The summed E-state index contributed by atoms with van der Waals surface area (Å²) in [5.41, 5.74) is 2.16. The topological polar surface area (TPSA) is 39.7 Å². The van der Waals surface area contributed by atoms with Crippen LogP contribution in [0.2, 0.25) is 0 Å². The Balaban J connectivity index is 1.69. The van der Waals surface area contributed by atoms with E-state index < -0.39 is 0 Å². The maximum absolute atomic E-state index is 5.35. The number of hydrogen-bond donors (Lipinski definition) is 1. The summed E-state index contributed by atoms with van der Waals surface area (Å²) in [6, 6.07) is 11.9. The van der Waals surface area contributed by atoms with Crippen LogP contribution in [0.25, 0.3) is 0 Å². The standard InChI is InChI=1S/C15H14BrNO3/c1-18-13-4-2-10(6-12(13)16)8-17-11-3-5-14-15(7-11)20-9-19-14/h2-7,17H,8-9H2,1H3. The van der Waals surface area contributed by atoms with Crippen molar-refractivity contribution in [2.75, 3.05) is 19.2 Å². The molecule has 0 spiro atoms. The summed E-state index contributed by atoms with van der Waals surface area (Å²) >= 11 is 3.48. The number of methoxy groups -OCH3 is 1. The van der Waals surface area contributed by atoms with Gasteiger partial charge in [0.05, 0.1) is 11.6 Å². The molecule has 4 nitrogen and oxygen atoms in total. The monoisotopic (exact) mass is 335 g/mol. The predicted molar refractivity (Wildman–Crippen MR) is 80.6 cm³/mol. The highest BCUT2D eigenvalue weighted by Crippen LogP contribution is 2.34. The lowest BCUT2D eigenvalue weighted by Gasteiger charge is -2.09. The van der Waals surface area contributed by atoms with Crippen molar-refractivity contribution in [1.29, 1.82) is 0 Å². The minimum atomic E-state index is 0.296. The first kappa shape index (κ1) is 13.1. The number of fused-ring (bicyclic) bond motifs is 1. The molecule has 2 aromatic rings. The maximum atomic E-state index is 5.35. The molecule has 0 atom stereocenters. The Hall–Kier alpha value is -1.88. The zero-order valence-electron chi connectivity index (χ0n) is 11.0. The van der Waals surface area contributed by atoms with Crippen molar-refractivity contribution in [2.24, 2.45) is 0 Å². The van der Waals surface area contributed by atoms with Gasteiger partial charge in [0.15, 0.2) is 11.5 Å². The van der Waals surface area contributed by atoms with Crippen LogP contribution in [0.15, 0.2) is 40.9 Å². The van der Waals surface area contributed by atoms with E-state index in [1.807, 2.05) is 36.4 Å². The molecule has 1 N–H and O–H groups in total. The van der Waals surface area contributed by atoms with Crippen LogP contribution in [0.5, 0.6) is 17.2 Å². The van der Waals surface area contributed by atoms with Crippen LogP contribution in [0, 0.1) is 0 Å². The van der Waals surface area contributed by atoms with Gasteiger partial charge >= 0.3 is 0 Å². The molecule has 1 aliphatic rings. The van der Waals surface area contributed by atoms with Gasteiger partial charge in [0, 0.05) is 18.3 Å². The second kappa shape index (κ2) is 5.63. The van der Waals surface area contributed by atoms with Crippen LogP contribution in [0.4, 0.5) is 5.69 Å². The highest BCUT2D eigenvalue weighted by molar-refractivity contribution is 9.10. The Kier molecular flexibility index (Phi) is 3.69. The zero-order valence-corrected chi connectivity index (χ0v) is 12.6. The maximum Gasteiger partial charge on any atom is 0.231 e. The van der Waals surface area contributed by atoms with Gasteiger partial charge in [-0.15, -0.1) is 0 Å². The molecule has 2 aromatic carbocycles. The van der Waals surface area contributed by atoms with Crippen molar-refractivity contribution in [1.82, 2.24) is 0 Å². The van der Waals surface area contributed by atoms with Gasteiger partial charge in [0.25, 0.3) is 0 Å². The molecule has 0 amide bonds. The molecule has 0 fully saturated rings. The molecule has 3 rings (SSSR count). The number of halogens is 1. The Morgan fingerprint density at radius 3 is 2.80 bits per heavy atom. The predicted octanol–water partition coefficient (Wildman–Crippen LogP) is 3.80. The highest BCUT2D eigenvalue weighted by atomic mass is 79.9. The van der Waals surface area contributed by atoms with Crippen molar-refractivity contribution in [3.63, 3.8) is 0 Å². The molecule has 104 valence electrons. The van der Waals surface area contributed by atoms with E-state index in [0.29, 0.717) is 6.79 Å². The minimum Gasteiger partial charge on any atom is -0.496 e. The van der Waals surface area contributed by atoms with Gasteiger partial charge in [-0.1, -0.05) is 6.07 Å². The van der Waals surface area contributed by atoms with E-state index >= 15 is 0 Å². The fourth-order valence-corrected chi connectivity index (χ4v) is 2.62. The molecule has 1 heterocycles. The molecular weight excluding hydrogens is 322 g/mol. The van der Waals surface area contributed by atoms with Crippen molar-refractivity contribution < 1.29 is 14.2 Å². The summed E-state index contributed by atoms with van der Waals surface area (Å²) in [7, 11) is 1.66. The molecule has 0 aromatic heterocycles. The number of benzene rings is 2. The van der Waals surface area contributed by atoms with E-state index in [-0.39, 0.29) is 0 Å². The highest BCUT2D eigenvalue weighted by Gasteiger charge is 2.13. The average Bonchev–Trinajstić information content (AvgIpc) is 2.92. The quantitative estimate of drug-likeness (QED) is 0.922. The van der Waals surface area contributed by atoms with E-state index in [1.54, 1.807) is 7.11 Å². The first-order valence-corrected chi connectivity index (χ1v) is 7.01. The zero-order chi connectivity index (χ0) is 13.9. The van der Waals surface area contributed by atoms with E-state index in [0.717, 1.165) is 39.5 Å². The molecule has 0 aliphatic carbocycles. The summed E-state index contributed by atoms with van der Waals surface area (Å²) in [5, 5.41) is 3.36. The second-order valence-corrected chi connectivity index (χ2v) is 5.24. The fourth-order valence-electron chi connectivity index (χ4n) is 2.03. The van der Waals surface area contributed by atoms with Crippen molar-refractivity contribution in [3.8, 4) is 17.2 Å². The first-order chi connectivity index (χ1) is 9.76. The minimum absolute atomic E-state index is 0.296. The lowest BCUT2D eigenvalue weighted by molar-refractivity contribution is 0.174. The van der Waals surface area contributed by atoms with Crippen molar-refractivity contribution in [2.45, 2.75) is 6.54 Å². The van der Waals surface area contributed by atoms with E-state index in [4.69, 9.17) is 14.2 Å². The molecule has 5 heteroatoms. The van der Waals surface area contributed by atoms with Crippen LogP contribution in [0.1, 0.15) is 5.56 Å². The van der Waals surface area contributed by atoms with Crippen molar-refractivity contribution in [3.05, 3.63) is 46.4 Å². The summed E-state index contributed by atoms with van der Waals surface area (Å²) < 4.78 is 16.8.